The number of hydrogen-bond donors (Lipinski definition) is 0. The van der Waals surface area contributed by atoms with E-state index in [1.807, 2.05) is 0 Å². The summed E-state index contributed by atoms with van der Waals surface area (Å²) < 4.78 is 51.3. The summed E-state index contributed by atoms with van der Waals surface area (Å²) in [6.45, 7) is 0. The molecule has 9 heavy (non-hydrogen) atoms. The average Bonchev–Trinajstić information content (AvgIpc) is 1.21. The first kappa shape index (κ1) is 12.2. The molecule has 50 valence electrons. The van der Waals surface area contributed by atoms with Gasteiger partial charge in [-0.15, -0.1) is 0 Å². The minimum absolute atomic E-state index is 0. The Kier molecular flexibility index (Phi) is 5.88. The Morgan fingerprint density at radius 2 is 1.78 bits per heavy atom. The van der Waals surface area contributed by atoms with Crippen molar-refractivity contribution < 1.29 is 40.8 Å². The molecule has 0 rings (SSSR count). The van der Waals surface area contributed by atoms with Gasteiger partial charge in [-0.25, -0.2) is 0 Å². The second-order valence-corrected chi connectivity index (χ2v) is 1.96. The Labute approximate surface area is 64.3 Å². The maximum atomic E-state index is 10.9. The third kappa shape index (κ3) is 11.9. The molecule has 0 heterocycles. The second-order valence-electron chi connectivity index (χ2n) is 1.06. The monoisotopic (exact) mass is 154 g/mol. The van der Waals surface area contributed by atoms with Crippen LogP contribution in [0.15, 0.2) is 0 Å². The van der Waals surface area contributed by atoms with E-state index in [2.05, 4.69) is 0 Å². The van der Waals surface area contributed by atoms with Gasteiger partial charge in [-0.1, -0.05) is 0 Å². The van der Waals surface area contributed by atoms with E-state index in [1.165, 1.54) is 0 Å². The smallest absolute Gasteiger partial charge is 0.772 e. The molecule has 1 atom stereocenters. The van der Waals surface area contributed by atoms with Crippen LogP contribution in [0.5, 0.6) is 0 Å². The maximum Gasteiger partial charge on any atom is 1.00 e. The summed E-state index contributed by atoms with van der Waals surface area (Å²) in [6.07, 6.45) is -4.59. The van der Waals surface area contributed by atoms with Crippen LogP contribution >= 0.6 is 0 Å². The number of hydrogen-bond acceptors (Lipinski definition) is 2. The predicted octanol–water partition coefficient (Wildman–Crippen LogP) is -2.57. The van der Waals surface area contributed by atoms with Crippen molar-refractivity contribution in [1.82, 2.24) is 0 Å². The number of halogens is 3. The van der Waals surface area contributed by atoms with Crippen molar-refractivity contribution in [1.29, 1.82) is 0 Å². The molecule has 0 spiro atoms. The van der Waals surface area contributed by atoms with Gasteiger partial charge in [-0.2, -0.15) is 13.2 Å². The fourth-order valence-electron chi connectivity index (χ4n) is 0.134. The molecule has 7 heteroatoms. The van der Waals surface area contributed by atoms with Gasteiger partial charge in [0.25, 0.3) is 0 Å². The molecule has 0 fully saturated rings. The second kappa shape index (κ2) is 4.33. The molecule has 0 saturated carbocycles. The van der Waals surface area contributed by atoms with Crippen molar-refractivity contribution in [2.45, 2.75) is 6.18 Å². The van der Waals surface area contributed by atoms with E-state index in [-0.39, 0.29) is 18.9 Å². The molecule has 0 N–H and O–H groups in total. The molecule has 0 radical (unpaired) electrons. The largest absolute Gasteiger partial charge is 1.00 e. The van der Waals surface area contributed by atoms with Crippen LogP contribution in [0, 0.1) is 0 Å². The summed E-state index contributed by atoms with van der Waals surface area (Å²) in [4.78, 5) is 0. The molecule has 0 aliphatic heterocycles. The average molecular weight is 154 g/mol. The van der Waals surface area contributed by atoms with Crippen LogP contribution < -0.4 is 18.9 Å². The van der Waals surface area contributed by atoms with Crippen LogP contribution in [0.1, 0.15) is 0 Å². The van der Waals surface area contributed by atoms with Crippen LogP contribution in [-0.2, 0) is 11.1 Å². The van der Waals surface area contributed by atoms with E-state index in [9.17, 15) is 21.9 Å². The van der Waals surface area contributed by atoms with Gasteiger partial charge in [0.05, 0.1) is 0 Å². The zero-order valence-electron chi connectivity index (χ0n) is 4.57. The molecule has 0 aromatic heterocycles. The number of alkyl halides is 3. The summed E-state index contributed by atoms with van der Waals surface area (Å²) in [7, 11) is 0. The fraction of sp³-hybridized carbons (Fsp3) is 1.00. The van der Waals surface area contributed by atoms with Crippen molar-refractivity contribution in [2.24, 2.45) is 0 Å². The van der Waals surface area contributed by atoms with E-state index in [0.29, 0.717) is 0 Å². The zero-order chi connectivity index (χ0) is 6.78. The minimum Gasteiger partial charge on any atom is -0.772 e. The molecule has 0 aliphatic carbocycles. The van der Waals surface area contributed by atoms with Crippen molar-refractivity contribution in [3.05, 3.63) is 0 Å². The summed E-state index contributed by atoms with van der Waals surface area (Å²) in [5.41, 5.74) is 0. The topological polar surface area (TPSA) is 40.1 Å². The van der Waals surface area contributed by atoms with Crippen LogP contribution in [-0.4, -0.2) is 20.7 Å². The molecule has 0 bridgehead atoms. The van der Waals surface area contributed by atoms with Gasteiger partial charge in [0.2, 0.25) is 0 Å². The van der Waals surface area contributed by atoms with Crippen LogP contribution in [0.3, 0.4) is 0 Å². The first-order valence-electron chi connectivity index (χ1n) is 1.54. The van der Waals surface area contributed by atoms with Gasteiger partial charge in [0.1, 0.15) is 5.75 Å². The Hall–Kier alpha value is 0.497. The Morgan fingerprint density at radius 1 is 1.44 bits per heavy atom. The Morgan fingerprint density at radius 3 is 1.78 bits per heavy atom. The van der Waals surface area contributed by atoms with E-state index >= 15 is 0 Å². The molecule has 0 amide bonds. The summed E-state index contributed by atoms with van der Waals surface area (Å²) >= 11 is -3.01. The Bertz CT molecular complexity index is 102. The number of rotatable bonds is 1. The molecule has 2 nitrogen and oxygen atoms in total. The molecule has 0 aromatic carbocycles. The predicted molar refractivity (Wildman–Crippen MR) is 19.8 cm³/mol. The fourth-order valence-corrected chi connectivity index (χ4v) is 0.401. The van der Waals surface area contributed by atoms with Crippen molar-refractivity contribution in [3.63, 3.8) is 0 Å². The standard InChI is InChI=1S/C2H3F3O2S.Li/c3-2(4,5)1-8(6)7;/h1H2,(H,6,7);/q;+1/p-1. The van der Waals surface area contributed by atoms with Gasteiger partial charge in [-0.05, 0) is 11.1 Å². The van der Waals surface area contributed by atoms with Crippen LogP contribution in [0.4, 0.5) is 13.2 Å². The van der Waals surface area contributed by atoms with E-state index < -0.39 is 23.0 Å². The normalized spacial score (nSPS) is 14.2. The van der Waals surface area contributed by atoms with E-state index in [1.54, 1.807) is 0 Å². The van der Waals surface area contributed by atoms with Crippen molar-refractivity contribution in [2.75, 3.05) is 5.75 Å². The SMILES string of the molecule is O=S([O-])CC(F)(F)F.[Li+]. The summed E-state index contributed by atoms with van der Waals surface area (Å²) in [6, 6.07) is 0. The zero-order valence-corrected chi connectivity index (χ0v) is 5.38. The summed E-state index contributed by atoms with van der Waals surface area (Å²) in [5.74, 6) is -1.76. The van der Waals surface area contributed by atoms with Gasteiger partial charge in [0.15, 0.2) is 0 Å². The van der Waals surface area contributed by atoms with Gasteiger partial charge in [0, 0.05) is 0 Å². The summed E-state index contributed by atoms with van der Waals surface area (Å²) in [5, 5.41) is 0. The molecular formula is C2H2F3LiO2S. The van der Waals surface area contributed by atoms with Gasteiger partial charge < -0.3 is 4.55 Å². The first-order valence-corrected chi connectivity index (χ1v) is 2.79. The van der Waals surface area contributed by atoms with Gasteiger partial charge >= 0.3 is 25.0 Å². The van der Waals surface area contributed by atoms with Crippen molar-refractivity contribution in [3.8, 4) is 0 Å². The van der Waals surface area contributed by atoms with Crippen molar-refractivity contribution >= 4 is 11.1 Å². The first-order chi connectivity index (χ1) is 3.42. The quantitative estimate of drug-likeness (QED) is 0.307. The molecule has 0 saturated heterocycles. The minimum atomic E-state index is -4.59. The maximum absolute atomic E-state index is 10.9. The third-order valence-corrected chi connectivity index (χ3v) is 0.845. The molecule has 1 unspecified atom stereocenters. The van der Waals surface area contributed by atoms with Crippen LogP contribution in [0.25, 0.3) is 0 Å². The van der Waals surface area contributed by atoms with Gasteiger partial charge in [-0.3, -0.25) is 4.21 Å². The third-order valence-electron chi connectivity index (χ3n) is 0.282. The van der Waals surface area contributed by atoms with E-state index in [4.69, 9.17) is 0 Å². The van der Waals surface area contributed by atoms with Crippen LogP contribution in [0.2, 0.25) is 0 Å². The molecule has 0 aromatic rings. The Balaban J connectivity index is 0. The molecular weight excluding hydrogens is 152 g/mol. The van der Waals surface area contributed by atoms with E-state index in [0.717, 1.165) is 0 Å². The molecule has 0 aliphatic rings.